The molecule has 0 aliphatic carbocycles. The number of halogens is 1. The van der Waals surface area contributed by atoms with Crippen molar-refractivity contribution in [3.05, 3.63) is 35.9 Å². The van der Waals surface area contributed by atoms with E-state index in [-0.39, 0.29) is 11.9 Å². The monoisotopic (exact) mass is 281 g/mol. The van der Waals surface area contributed by atoms with Crippen LogP contribution in [0.1, 0.15) is 39.7 Å². The van der Waals surface area contributed by atoms with Gasteiger partial charge in [-0.2, -0.15) is 0 Å². The van der Waals surface area contributed by atoms with Crippen LogP contribution < -0.4 is 5.32 Å². The molecule has 1 unspecified atom stereocenters. The number of amides is 1. The summed E-state index contributed by atoms with van der Waals surface area (Å²) in [5.74, 6) is 1.00. The van der Waals surface area contributed by atoms with Crippen LogP contribution in [0.25, 0.3) is 0 Å². The van der Waals surface area contributed by atoms with Gasteiger partial charge in [0.05, 0.1) is 5.41 Å². The van der Waals surface area contributed by atoms with E-state index in [1.54, 1.807) is 0 Å². The van der Waals surface area contributed by atoms with Crippen LogP contribution in [0, 0.1) is 5.92 Å². The zero-order valence-corrected chi connectivity index (χ0v) is 13.0. The van der Waals surface area contributed by atoms with E-state index in [1.807, 2.05) is 44.2 Å². The minimum absolute atomic E-state index is 0.0324. The number of hydrogen-bond donors (Lipinski definition) is 1. The second-order valence-corrected chi connectivity index (χ2v) is 6.25. The molecule has 1 amide bonds. The second kappa shape index (κ2) is 6.95. The fourth-order valence-electron chi connectivity index (χ4n) is 2.08. The molecule has 0 aliphatic heterocycles. The Labute approximate surface area is 121 Å². The first-order chi connectivity index (χ1) is 8.87. The van der Waals surface area contributed by atoms with Gasteiger partial charge in [0.2, 0.25) is 5.91 Å². The van der Waals surface area contributed by atoms with Crippen molar-refractivity contribution in [2.75, 3.05) is 5.88 Å². The fourth-order valence-corrected chi connectivity index (χ4v) is 2.28. The molecule has 0 heterocycles. The molecule has 3 heteroatoms. The Morgan fingerprint density at radius 3 is 2.32 bits per heavy atom. The Morgan fingerprint density at radius 2 is 1.84 bits per heavy atom. The first-order valence-electron chi connectivity index (χ1n) is 6.80. The maximum absolute atomic E-state index is 12.4. The largest absolute Gasteiger partial charge is 0.351 e. The molecule has 0 spiro atoms. The number of hydrogen-bond acceptors (Lipinski definition) is 1. The van der Waals surface area contributed by atoms with Crippen LogP contribution >= 0.6 is 11.6 Å². The minimum atomic E-state index is -0.539. The highest BCUT2D eigenvalue weighted by molar-refractivity contribution is 6.18. The van der Waals surface area contributed by atoms with Crippen LogP contribution in [0.2, 0.25) is 0 Å². The van der Waals surface area contributed by atoms with Gasteiger partial charge in [-0.25, -0.2) is 0 Å². The molecular formula is C16H24ClNO. The average Bonchev–Trinajstić information content (AvgIpc) is 2.38. The van der Waals surface area contributed by atoms with Crippen LogP contribution in [0.15, 0.2) is 30.3 Å². The maximum Gasteiger partial charge on any atom is 0.230 e. The highest BCUT2D eigenvalue weighted by atomic mass is 35.5. The average molecular weight is 282 g/mol. The van der Waals surface area contributed by atoms with E-state index in [2.05, 4.69) is 19.2 Å². The van der Waals surface area contributed by atoms with Crippen molar-refractivity contribution in [3.8, 4) is 0 Å². The van der Waals surface area contributed by atoms with E-state index in [1.165, 1.54) is 0 Å². The first-order valence-corrected chi connectivity index (χ1v) is 7.33. The molecule has 0 saturated heterocycles. The maximum atomic E-state index is 12.4. The summed E-state index contributed by atoms with van der Waals surface area (Å²) < 4.78 is 0. The summed E-state index contributed by atoms with van der Waals surface area (Å²) in [6, 6.07) is 9.87. The summed E-state index contributed by atoms with van der Waals surface area (Å²) in [6.07, 6.45) is 0.903. The number of benzene rings is 1. The lowest BCUT2D eigenvalue weighted by Crippen LogP contribution is -2.46. The van der Waals surface area contributed by atoms with Crippen molar-refractivity contribution in [2.45, 2.75) is 45.6 Å². The van der Waals surface area contributed by atoms with E-state index in [9.17, 15) is 4.79 Å². The Bertz CT molecular complexity index is 400. The molecule has 106 valence electrons. The molecule has 19 heavy (non-hydrogen) atoms. The van der Waals surface area contributed by atoms with Crippen molar-refractivity contribution in [2.24, 2.45) is 5.92 Å². The van der Waals surface area contributed by atoms with Crippen LogP contribution in [-0.4, -0.2) is 17.8 Å². The van der Waals surface area contributed by atoms with Gasteiger partial charge in [-0.1, -0.05) is 44.2 Å². The summed E-state index contributed by atoms with van der Waals surface area (Å²) >= 11 is 5.94. The fraction of sp³-hybridized carbons (Fsp3) is 0.562. The van der Waals surface area contributed by atoms with Gasteiger partial charge in [0.15, 0.2) is 0 Å². The highest BCUT2D eigenvalue weighted by Crippen LogP contribution is 2.23. The minimum Gasteiger partial charge on any atom is -0.351 e. The van der Waals surface area contributed by atoms with Gasteiger partial charge in [-0.15, -0.1) is 11.6 Å². The van der Waals surface area contributed by atoms with Crippen LogP contribution in [0.5, 0.6) is 0 Å². The molecule has 1 rings (SSSR count). The van der Waals surface area contributed by atoms with Gasteiger partial charge in [-0.3, -0.25) is 4.79 Å². The lowest BCUT2D eigenvalue weighted by Gasteiger charge is -2.27. The molecule has 0 radical (unpaired) electrons. The number of carbonyl (C=O) groups excluding carboxylic acids is 1. The summed E-state index contributed by atoms with van der Waals surface area (Å²) in [7, 11) is 0. The predicted octanol–water partition coefficient (Wildman–Crippen LogP) is 3.73. The Kier molecular flexibility index (Phi) is 5.86. The Hall–Kier alpha value is -1.02. The second-order valence-electron chi connectivity index (χ2n) is 5.95. The topological polar surface area (TPSA) is 29.1 Å². The molecular weight excluding hydrogens is 258 g/mol. The lowest BCUT2D eigenvalue weighted by atomic mass is 9.83. The van der Waals surface area contributed by atoms with Crippen LogP contribution in [0.3, 0.4) is 0 Å². The van der Waals surface area contributed by atoms with E-state index < -0.39 is 5.41 Å². The van der Waals surface area contributed by atoms with Gasteiger partial charge < -0.3 is 5.32 Å². The van der Waals surface area contributed by atoms with E-state index in [4.69, 9.17) is 11.6 Å². The molecule has 0 aromatic heterocycles. The molecule has 2 nitrogen and oxygen atoms in total. The SMILES string of the molecule is CC(C)CC(CCl)NC(=O)C(C)(C)c1ccccc1. The summed E-state index contributed by atoms with van der Waals surface area (Å²) in [5, 5.41) is 3.07. The first kappa shape index (κ1) is 16.0. The lowest BCUT2D eigenvalue weighted by molar-refractivity contribution is -0.126. The highest BCUT2D eigenvalue weighted by Gasteiger charge is 2.30. The van der Waals surface area contributed by atoms with Gasteiger partial charge in [0, 0.05) is 11.9 Å². The molecule has 0 bridgehead atoms. The number of rotatable bonds is 6. The third-order valence-electron chi connectivity index (χ3n) is 3.34. The smallest absolute Gasteiger partial charge is 0.230 e. The van der Waals surface area contributed by atoms with Crippen molar-refractivity contribution in [1.29, 1.82) is 0 Å². The van der Waals surface area contributed by atoms with Crippen molar-refractivity contribution in [3.63, 3.8) is 0 Å². The molecule has 1 aromatic rings. The predicted molar refractivity (Wildman–Crippen MR) is 81.6 cm³/mol. The third kappa shape index (κ3) is 4.54. The molecule has 1 atom stereocenters. The zero-order valence-electron chi connectivity index (χ0n) is 12.2. The normalized spacial score (nSPS) is 13.4. The molecule has 1 N–H and O–H groups in total. The number of carbonyl (C=O) groups is 1. The summed E-state index contributed by atoms with van der Waals surface area (Å²) in [6.45, 7) is 8.15. The van der Waals surface area contributed by atoms with Gasteiger partial charge in [0.1, 0.15) is 0 Å². The van der Waals surface area contributed by atoms with Crippen molar-refractivity contribution < 1.29 is 4.79 Å². The molecule has 0 aliphatic rings. The summed E-state index contributed by atoms with van der Waals surface area (Å²) in [4.78, 5) is 12.4. The van der Waals surface area contributed by atoms with Gasteiger partial charge >= 0.3 is 0 Å². The quantitative estimate of drug-likeness (QED) is 0.791. The standard InChI is InChI=1S/C16H24ClNO/c1-12(2)10-14(11-17)18-15(19)16(3,4)13-8-6-5-7-9-13/h5-9,12,14H,10-11H2,1-4H3,(H,18,19). The van der Waals surface area contributed by atoms with Gasteiger partial charge in [0.25, 0.3) is 0 Å². The van der Waals surface area contributed by atoms with E-state index in [0.717, 1.165) is 12.0 Å². The van der Waals surface area contributed by atoms with Crippen LogP contribution in [-0.2, 0) is 10.2 Å². The van der Waals surface area contributed by atoms with Crippen LogP contribution in [0.4, 0.5) is 0 Å². The van der Waals surface area contributed by atoms with Crippen molar-refractivity contribution >= 4 is 17.5 Å². The Morgan fingerprint density at radius 1 is 1.26 bits per heavy atom. The number of alkyl halides is 1. The van der Waals surface area contributed by atoms with E-state index >= 15 is 0 Å². The number of nitrogens with one attached hydrogen (secondary N) is 1. The third-order valence-corrected chi connectivity index (χ3v) is 3.71. The molecule has 0 fully saturated rings. The summed E-state index contributed by atoms with van der Waals surface area (Å²) in [5.41, 5.74) is 0.480. The Balaban J connectivity index is 2.76. The molecule has 1 aromatic carbocycles. The zero-order chi connectivity index (χ0) is 14.5. The van der Waals surface area contributed by atoms with E-state index in [0.29, 0.717) is 11.8 Å². The molecule has 0 saturated carbocycles. The van der Waals surface area contributed by atoms with Crippen molar-refractivity contribution in [1.82, 2.24) is 5.32 Å². The van der Waals surface area contributed by atoms with Gasteiger partial charge in [-0.05, 0) is 31.7 Å².